The number of rotatable bonds is 9. The van der Waals surface area contributed by atoms with Crippen LogP contribution in [0, 0.1) is 0 Å². The van der Waals surface area contributed by atoms with Crippen molar-refractivity contribution in [2.75, 3.05) is 16.8 Å². The van der Waals surface area contributed by atoms with Crippen molar-refractivity contribution in [1.29, 1.82) is 0 Å². The summed E-state index contributed by atoms with van der Waals surface area (Å²) >= 11 is 1.70. The monoisotopic (exact) mass is 475 g/mol. The third-order valence-corrected chi connectivity index (χ3v) is 6.75. The molecule has 0 spiro atoms. The van der Waals surface area contributed by atoms with Crippen LogP contribution < -0.4 is 15.5 Å². The van der Waals surface area contributed by atoms with Gasteiger partial charge in [0, 0.05) is 47.7 Å². The second kappa shape index (κ2) is 11.6. The van der Waals surface area contributed by atoms with E-state index in [4.69, 9.17) is 0 Å². The molecule has 0 saturated carbocycles. The first-order valence-electron chi connectivity index (χ1n) is 11.7. The van der Waals surface area contributed by atoms with E-state index >= 15 is 0 Å². The zero-order valence-electron chi connectivity index (χ0n) is 19.1. The van der Waals surface area contributed by atoms with Crippen LogP contribution in [-0.2, 0) is 22.6 Å². The zero-order valence-corrected chi connectivity index (χ0v) is 19.9. The van der Waals surface area contributed by atoms with Crippen molar-refractivity contribution < 1.29 is 14.4 Å². The number of thiophene rings is 1. The predicted octanol–water partition coefficient (Wildman–Crippen LogP) is 5.16. The van der Waals surface area contributed by atoms with Gasteiger partial charge in [-0.2, -0.15) is 0 Å². The first-order valence-corrected chi connectivity index (χ1v) is 12.6. The van der Waals surface area contributed by atoms with E-state index in [1.807, 2.05) is 40.6 Å². The van der Waals surface area contributed by atoms with Gasteiger partial charge in [-0.1, -0.05) is 24.3 Å². The summed E-state index contributed by atoms with van der Waals surface area (Å²) in [5, 5.41) is 7.86. The third-order valence-electron chi connectivity index (χ3n) is 5.81. The minimum absolute atomic E-state index is 0.0572. The molecule has 0 unspecified atom stereocenters. The molecule has 2 aromatic carbocycles. The Hall–Kier alpha value is -3.45. The molecule has 0 radical (unpaired) electrons. The highest BCUT2D eigenvalue weighted by atomic mass is 32.1. The van der Waals surface area contributed by atoms with Crippen molar-refractivity contribution in [2.24, 2.45) is 0 Å². The second-order valence-electron chi connectivity index (χ2n) is 8.42. The maximum atomic E-state index is 12.7. The van der Waals surface area contributed by atoms with Crippen LogP contribution in [0.5, 0.6) is 0 Å². The first kappa shape index (κ1) is 23.7. The molecule has 7 heteroatoms. The van der Waals surface area contributed by atoms with Crippen LogP contribution in [0.15, 0.2) is 66.0 Å². The van der Waals surface area contributed by atoms with Crippen molar-refractivity contribution in [3.05, 3.63) is 82.0 Å². The van der Waals surface area contributed by atoms with Gasteiger partial charge in [0.2, 0.25) is 11.8 Å². The molecule has 3 amide bonds. The van der Waals surface area contributed by atoms with Gasteiger partial charge in [-0.05, 0) is 73.0 Å². The molecular formula is C27H29N3O3S. The van der Waals surface area contributed by atoms with Crippen LogP contribution in [0.4, 0.5) is 11.4 Å². The number of piperidine rings is 1. The third kappa shape index (κ3) is 6.54. The van der Waals surface area contributed by atoms with Crippen molar-refractivity contribution in [3.8, 4) is 0 Å². The summed E-state index contributed by atoms with van der Waals surface area (Å²) in [4.78, 5) is 40.3. The van der Waals surface area contributed by atoms with Crippen LogP contribution in [0.2, 0.25) is 0 Å². The highest BCUT2D eigenvalue weighted by Crippen LogP contribution is 2.22. The zero-order chi connectivity index (χ0) is 23.8. The summed E-state index contributed by atoms with van der Waals surface area (Å²) in [6.07, 6.45) is 4.65. The molecule has 4 rings (SSSR count). The van der Waals surface area contributed by atoms with Crippen LogP contribution in [-0.4, -0.2) is 24.3 Å². The van der Waals surface area contributed by atoms with E-state index in [1.165, 1.54) is 4.88 Å². The molecule has 1 aliphatic rings. The van der Waals surface area contributed by atoms with Crippen LogP contribution >= 0.6 is 11.3 Å². The van der Waals surface area contributed by atoms with Crippen molar-refractivity contribution >= 4 is 40.4 Å². The molecule has 1 fully saturated rings. The Bertz CT molecular complexity index is 1140. The number of carbonyl (C=O) groups excluding carboxylic acids is 3. The predicted molar refractivity (Wildman–Crippen MR) is 136 cm³/mol. The number of nitrogens with zero attached hydrogens (tertiary/aromatic N) is 1. The fourth-order valence-electron chi connectivity index (χ4n) is 4.04. The van der Waals surface area contributed by atoms with Gasteiger partial charge >= 0.3 is 0 Å². The molecule has 176 valence electrons. The molecule has 1 saturated heterocycles. The van der Waals surface area contributed by atoms with Crippen molar-refractivity contribution in [2.45, 2.75) is 45.1 Å². The van der Waals surface area contributed by atoms with Gasteiger partial charge in [-0.15, -0.1) is 11.3 Å². The van der Waals surface area contributed by atoms with Gasteiger partial charge in [0.15, 0.2) is 0 Å². The lowest BCUT2D eigenvalue weighted by Crippen LogP contribution is -2.35. The maximum absolute atomic E-state index is 12.7. The number of benzene rings is 2. The normalized spacial score (nSPS) is 13.5. The average Bonchev–Trinajstić information content (AvgIpc) is 3.37. The van der Waals surface area contributed by atoms with Gasteiger partial charge in [0.1, 0.15) is 0 Å². The summed E-state index contributed by atoms with van der Waals surface area (Å²) in [6, 6.07) is 18.8. The molecule has 3 aromatic rings. The summed E-state index contributed by atoms with van der Waals surface area (Å²) in [5.74, 6) is -0.121. The molecule has 34 heavy (non-hydrogen) atoms. The van der Waals surface area contributed by atoms with E-state index in [9.17, 15) is 14.4 Å². The Balaban J connectivity index is 1.29. The maximum Gasteiger partial charge on any atom is 0.251 e. The van der Waals surface area contributed by atoms with E-state index in [0.717, 1.165) is 43.5 Å². The minimum Gasteiger partial charge on any atom is -0.348 e. The number of hydrogen-bond acceptors (Lipinski definition) is 4. The quantitative estimate of drug-likeness (QED) is 0.449. The van der Waals surface area contributed by atoms with Gasteiger partial charge in [-0.25, -0.2) is 0 Å². The van der Waals surface area contributed by atoms with Gasteiger partial charge < -0.3 is 15.5 Å². The smallest absolute Gasteiger partial charge is 0.251 e. The molecule has 0 atom stereocenters. The fraction of sp³-hybridized carbons (Fsp3) is 0.296. The van der Waals surface area contributed by atoms with E-state index in [-0.39, 0.29) is 17.7 Å². The Labute approximate surface area is 204 Å². The van der Waals surface area contributed by atoms with Crippen LogP contribution in [0.25, 0.3) is 0 Å². The Kier molecular flexibility index (Phi) is 8.09. The number of carbonyl (C=O) groups is 3. The fourth-order valence-corrected chi connectivity index (χ4v) is 4.79. The lowest BCUT2D eigenvalue weighted by Gasteiger charge is -2.27. The molecule has 1 aromatic heterocycles. The van der Waals surface area contributed by atoms with Gasteiger partial charge in [0.05, 0.1) is 0 Å². The Morgan fingerprint density at radius 2 is 1.88 bits per heavy atom. The number of anilines is 2. The van der Waals surface area contributed by atoms with E-state index in [0.29, 0.717) is 30.6 Å². The SMILES string of the molecule is O=C(CCCc1cccs1)Nc1cccc(C(=O)NCc2cccc(N3CCCCC3=O)c2)c1. The molecular weight excluding hydrogens is 446 g/mol. The van der Waals surface area contributed by atoms with Gasteiger partial charge in [-0.3, -0.25) is 14.4 Å². The van der Waals surface area contributed by atoms with E-state index in [2.05, 4.69) is 16.7 Å². The minimum atomic E-state index is -0.215. The van der Waals surface area contributed by atoms with Gasteiger partial charge in [0.25, 0.3) is 5.91 Å². The van der Waals surface area contributed by atoms with Crippen molar-refractivity contribution in [3.63, 3.8) is 0 Å². The number of amides is 3. The summed E-state index contributed by atoms with van der Waals surface area (Å²) < 4.78 is 0. The lowest BCUT2D eigenvalue weighted by atomic mass is 10.1. The number of hydrogen-bond donors (Lipinski definition) is 2. The average molecular weight is 476 g/mol. The number of aryl methyl sites for hydroxylation is 1. The standard InChI is InChI=1S/C27H29N3O3S/c31-25(13-5-11-24-12-6-16-34-24)29-22-9-4-8-21(18-22)27(33)28-19-20-7-3-10-23(17-20)30-15-2-1-14-26(30)32/h3-4,6-10,12,16-18H,1-2,5,11,13-15,19H2,(H,28,33)(H,29,31). The number of nitrogens with one attached hydrogen (secondary N) is 2. The van der Waals surface area contributed by atoms with Crippen molar-refractivity contribution in [1.82, 2.24) is 5.32 Å². The summed E-state index contributed by atoms with van der Waals surface area (Å²) in [7, 11) is 0. The highest BCUT2D eigenvalue weighted by molar-refractivity contribution is 7.09. The summed E-state index contributed by atoms with van der Waals surface area (Å²) in [6.45, 7) is 1.09. The first-order chi connectivity index (χ1) is 16.6. The van der Waals surface area contributed by atoms with E-state index in [1.54, 1.807) is 35.6 Å². The molecule has 1 aliphatic heterocycles. The molecule has 0 aliphatic carbocycles. The highest BCUT2D eigenvalue weighted by Gasteiger charge is 2.19. The molecule has 6 nitrogen and oxygen atoms in total. The van der Waals surface area contributed by atoms with E-state index < -0.39 is 0 Å². The molecule has 0 bridgehead atoms. The lowest BCUT2D eigenvalue weighted by molar-refractivity contribution is -0.119. The largest absolute Gasteiger partial charge is 0.348 e. The molecule has 2 N–H and O–H groups in total. The Morgan fingerprint density at radius 1 is 1.00 bits per heavy atom. The Morgan fingerprint density at radius 3 is 2.71 bits per heavy atom. The molecule has 2 heterocycles. The second-order valence-corrected chi connectivity index (χ2v) is 9.45. The topological polar surface area (TPSA) is 78.5 Å². The van der Waals surface area contributed by atoms with Crippen LogP contribution in [0.3, 0.4) is 0 Å². The van der Waals surface area contributed by atoms with Crippen LogP contribution in [0.1, 0.15) is 52.9 Å². The summed E-state index contributed by atoms with van der Waals surface area (Å²) in [5.41, 5.74) is 2.90.